The number of fused-ring (bicyclic) bond motifs is 1. The summed E-state index contributed by atoms with van der Waals surface area (Å²) in [6.07, 6.45) is 0.876. The van der Waals surface area contributed by atoms with Crippen molar-refractivity contribution in [3.8, 4) is 5.75 Å². The lowest BCUT2D eigenvalue weighted by Gasteiger charge is -2.23. The zero-order valence-electron chi connectivity index (χ0n) is 18.8. The van der Waals surface area contributed by atoms with Gasteiger partial charge in [0, 0.05) is 10.6 Å². The summed E-state index contributed by atoms with van der Waals surface area (Å²) in [5, 5.41) is 12.1. The molecular weight excluding hydrogens is 484 g/mol. The third-order valence-corrected chi connectivity index (χ3v) is 6.96. The lowest BCUT2D eigenvalue weighted by atomic mass is 9.95. The van der Waals surface area contributed by atoms with Crippen LogP contribution in [0.1, 0.15) is 30.5 Å². The molecule has 2 heterocycles. The molecule has 8 heteroatoms. The average Bonchev–Trinajstić information content (AvgIpc) is 3.40. The first-order valence-corrected chi connectivity index (χ1v) is 12.3. The van der Waals surface area contributed by atoms with Crippen LogP contribution < -0.4 is 9.64 Å². The lowest BCUT2D eigenvalue weighted by molar-refractivity contribution is -0.132. The molecule has 1 amide bonds. The number of carbonyl (C=O) groups is 2. The number of Topliss-reactive ketones (excluding diaryl/α,β-unsaturated/α-hetero) is 1. The van der Waals surface area contributed by atoms with Gasteiger partial charge in [-0.1, -0.05) is 72.3 Å². The quantitative estimate of drug-likeness (QED) is 0.187. The van der Waals surface area contributed by atoms with Crippen LogP contribution in [0.2, 0.25) is 5.02 Å². The van der Waals surface area contributed by atoms with Crippen molar-refractivity contribution < 1.29 is 19.4 Å². The van der Waals surface area contributed by atoms with E-state index in [1.165, 1.54) is 16.2 Å². The van der Waals surface area contributed by atoms with Gasteiger partial charge in [-0.15, -0.1) is 0 Å². The maximum absolute atomic E-state index is 13.3. The number of benzene rings is 3. The zero-order chi connectivity index (χ0) is 24.5. The number of ether oxygens (including phenoxy) is 1. The first-order valence-electron chi connectivity index (χ1n) is 11.1. The minimum Gasteiger partial charge on any atom is -0.507 e. The minimum absolute atomic E-state index is 0.0146. The van der Waals surface area contributed by atoms with E-state index < -0.39 is 17.7 Å². The van der Waals surface area contributed by atoms with Crippen LogP contribution in [0.15, 0.2) is 78.4 Å². The van der Waals surface area contributed by atoms with Crippen LogP contribution in [0, 0.1) is 0 Å². The molecule has 1 atom stereocenters. The fraction of sp³-hybridized carbons (Fsp3) is 0.148. The second-order valence-corrected chi connectivity index (χ2v) is 9.51. The second-order valence-electron chi connectivity index (χ2n) is 8.06. The number of halogens is 1. The van der Waals surface area contributed by atoms with Crippen molar-refractivity contribution in [3.63, 3.8) is 0 Å². The summed E-state index contributed by atoms with van der Waals surface area (Å²) in [6, 6.07) is 20.3. The molecule has 0 radical (unpaired) electrons. The van der Waals surface area contributed by atoms with Gasteiger partial charge in [-0.3, -0.25) is 14.5 Å². The number of hydrogen-bond donors (Lipinski definition) is 1. The Labute approximate surface area is 211 Å². The van der Waals surface area contributed by atoms with Gasteiger partial charge >= 0.3 is 5.91 Å². The van der Waals surface area contributed by atoms with E-state index in [1.54, 1.807) is 66.7 Å². The van der Waals surface area contributed by atoms with Crippen LogP contribution in [-0.4, -0.2) is 28.4 Å². The van der Waals surface area contributed by atoms with Gasteiger partial charge in [-0.25, -0.2) is 4.98 Å². The molecule has 35 heavy (non-hydrogen) atoms. The molecule has 1 aromatic heterocycles. The highest BCUT2D eigenvalue weighted by Gasteiger charge is 2.48. The molecule has 4 aromatic rings. The Morgan fingerprint density at radius 3 is 2.54 bits per heavy atom. The van der Waals surface area contributed by atoms with Gasteiger partial charge in [0.05, 0.1) is 28.4 Å². The van der Waals surface area contributed by atoms with Crippen LogP contribution in [0.5, 0.6) is 5.75 Å². The molecule has 5 rings (SSSR count). The van der Waals surface area contributed by atoms with Crippen LogP contribution in [0.25, 0.3) is 16.0 Å². The van der Waals surface area contributed by atoms with Gasteiger partial charge in [-0.2, -0.15) is 0 Å². The van der Waals surface area contributed by atoms with Crippen LogP contribution in [0.4, 0.5) is 5.13 Å². The van der Waals surface area contributed by atoms with E-state index in [0.29, 0.717) is 39.2 Å². The summed E-state index contributed by atoms with van der Waals surface area (Å²) < 4.78 is 6.48. The number of ketones is 1. The molecular formula is C27H21ClN2O4S. The van der Waals surface area contributed by atoms with Crippen molar-refractivity contribution in [1.82, 2.24) is 4.98 Å². The molecule has 1 fully saturated rings. The van der Waals surface area contributed by atoms with Crippen molar-refractivity contribution in [2.75, 3.05) is 11.5 Å². The number of nitrogens with zero attached hydrogens (tertiary/aromatic N) is 2. The molecule has 0 saturated carbocycles. The Kier molecular flexibility index (Phi) is 6.28. The summed E-state index contributed by atoms with van der Waals surface area (Å²) in [4.78, 5) is 32.6. The highest BCUT2D eigenvalue weighted by molar-refractivity contribution is 7.22. The predicted molar refractivity (Wildman–Crippen MR) is 138 cm³/mol. The van der Waals surface area contributed by atoms with Crippen molar-refractivity contribution in [3.05, 3.63) is 94.5 Å². The molecule has 6 nitrogen and oxygen atoms in total. The Hall–Kier alpha value is -3.68. The largest absolute Gasteiger partial charge is 0.507 e. The van der Waals surface area contributed by atoms with Crippen molar-refractivity contribution in [1.29, 1.82) is 0 Å². The Balaban J connectivity index is 1.67. The smallest absolute Gasteiger partial charge is 0.301 e. The number of thiazole rings is 1. The summed E-state index contributed by atoms with van der Waals surface area (Å²) in [6.45, 7) is 2.61. The third kappa shape index (κ3) is 4.29. The topological polar surface area (TPSA) is 79.7 Å². The molecule has 0 aliphatic carbocycles. The maximum atomic E-state index is 13.3. The lowest BCUT2D eigenvalue weighted by Crippen LogP contribution is -2.29. The standard InChI is InChI=1S/C27H21ClN2O4S/c1-2-14-34-19-11-8-16(9-12-19)23-22(24(31)17-6-4-3-5-7-17)25(32)26(33)30(23)27-29-20-13-10-18(28)15-21(20)35-27/h3-13,15,23,31H,2,14H2,1H3. The molecule has 1 aliphatic rings. The van der Waals surface area contributed by atoms with E-state index in [-0.39, 0.29) is 11.3 Å². The van der Waals surface area contributed by atoms with E-state index in [9.17, 15) is 14.7 Å². The minimum atomic E-state index is -0.855. The van der Waals surface area contributed by atoms with Gasteiger partial charge in [0.15, 0.2) is 5.13 Å². The third-order valence-electron chi connectivity index (χ3n) is 5.71. The number of carbonyl (C=O) groups excluding carboxylic acids is 2. The molecule has 1 unspecified atom stereocenters. The summed E-state index contributed by atoms with van der Waals surface area (Å²) >= 11 is 7.40. The van der Waals surface area contributed by atoms with Crippen molar-refractivity contribution >= 4 is 55.7 Å². The van der Waals surface area contributed by atoms with Gasteiger partial charge in [0.1, 0.15) is 11.5 Å². The highest BCUT2D eigenvalue weighted by atomic mass is 35.5. The number of hydrogen-bond acceptors (Lipinski definition) is 6. The van der Waals surface area contributed by atoms with Gasteiger partial charge in [-0.05, 0) is 42.3 Å². The first kappa shape index (κ1) is 23.1. The van der Waals surface area contributed by atoms with Crippen LogP contribution in [0.3, 0.4) is 0 Å². The predicted octanol–water partition coefficient (Wildman–Crippen LogP) is 6.36. The second kappa shape index (κ2) is 9.52. The Morgan fingerprint density at radius 2 is 1.83 bits per heavy atom. The monoisotopic (exact) mass is 504 g/mol. The van der Waals surface area contributed by atoms with Crippen molar-refractivity contribution in [2.45, 2.75) is 19.4 Å². The number of rotatable bonds is 6. The van der Waals surface area contributed by atoms with Gasteiger partial charge < -0.3 is 9.84 Å². The maximum Gasteiger partial charge on any atom is 0.301 e. The SMILES string of the molecule is CCCOc1ccc(C2C(=C(O)c3ccccc3)C(=O)C(=O)N2c2nc3ccc(Cl)cc3s2)cc1. The number of anilines is 1. The molecule has 1 N–H and O–H groups in total. The van der Waals surface area contributed by atoms with Crippen LogP contribution >= 0.6 is 22.9 Å². The van der Waals surface area contributed by atoms with Gasteiger partial charge in [0.2, 0.25) is 0 Å². The van der Waals surface area contributed by atoms with Gasteiger partial charge in [0.25, 0.3) is 5.78 Å². The van der Waals surface area contributed by atoms with Crippen molar-refractivity contribution in [2.24, 2.45) is 0 Å². The Morgan fingerprint density at radius 1 is 1.09 bits per heavy atom. The Bertz CT molecular complexity index is 1450. The average molecular weight is 505 g/mol. The number of aliphatic hydroxyl groups excluding tert-OH is 1. The molecule has 1 aliphatic heterocycles. The fourth-order valence-electron chi connectivity index (χ4n) is 4.05. The van der Waals surface area contributed by atoms with E-state index in [4.69, 9.17) is 16.3 Å². The molecule has 176 valence electrons. The number of aromatic nitrogens is 1. The zero-order valence-corrected chi connectivity index (χ0v) is 20.3. The normalized spacial score (nSPS) is 17.3. The number of aliphatic hydroxyl groups is 1. The van der Waals surface area contributed by atoms with E-state index in [1.807, 2.05) is 13.0 Å². The molecule has 3 aromatic carbocycles. The summed E-state index contributed by atoms with van der Waals surface area (Å²) in [5.74, 6) is -1.05. The fourth-order valence-corrected chi connectivity index (χ4v) is 5.32. The molecule has 0 bridgehead atoms. The van der Waals surface area contributed by atoms with Crippen LogP contribution in [-0.2, 0) is 9.59 Å². The first-order chi connectivity index (χ1) is 17.0. The highest BCUT2D eigenvalue weighted by Crippen LogP contribution is 2.44. The van der Waals surface area contributed by atoms with E-state index in [2.05, 4.69) is 4.98 Å². The molecule has 1 saturated heterocycles. The number of amides is 1. The van der Waals surface area contributed by atoms with E-state index in [0.717, 1.165) is 11.1 Å². The summed E-state index contributed by atoms with van der Waals surface area (Å²) in [5.41, 5.74) is 1.79. The van der Waals surface area contributed by atoms with E-state index >= 15 is 0 Å². The molecule has 0 spiro atoms. The summed E-state index contributed by atoms with van der Waals surface area (Å²) in [7, 11) is 0.